The van der Waals surface area contributed by atoms with Crippen molar-refractivity contribution < 1.29 is 9.47 Å². The number of hydrogen-bond donors (Lipinski definition) is 2. The van der Waals surface area contributed by atoms with Crippen molar-refractivity contribution in [1.29, 1.82) is 0 Å². The highest BCUT2D eigenvalue weighted by molar-refractivity contribution is 7.80. The molecule has 7 heteroatoms. The van der Waals surface area contributed by atoms with Crippen molar-refractivity contribution in [2.24, 2.45) is 5.41 Å². The third-order valence-corrected chi connectivity index (χ3v) is 4.82. The number of rotatable bonds is 5. The number of methoxy groups -OCH3 is 2. The quantitative estimate of drug-likeness (QED) is 0.424. The highest BCUT2D eigenvalue weighted by Crippen LogP contribution is 2.32. The first-order chi connectivity index (χ1) is 14.0. The summed E-state index contributed by atoms with van der Waals surface area (Å²) in [5, 5.41) is 7.28. The minimum Gasteiger partial charge on any atom is -0.493 e. The zero-order chi connectivity index (χ0) is 22.1. The van der Waals surface area contributed by atoms with Gasteiger partial charge in [0.15, 0.2) is 16.6 Å². The summed E-state index contributed by atoms with van der Waals surface area (Å²) < 4.78 is 10.7. The number of anilines is 1. The Labute approximate surface area is 183 Å². The monoisotopic (exact) mass is 426 g/mol. The van der Waals surface area contributed by atoms with Gasteiger partial charge in [-0.3, -0.25) is 0 Å². The molecule has 1 aromatic heterocycles. The van der Waals surface area contributed by atoms with Gasteiger partial charge in [0.1, 0.15) is 0 Å². The lowest BCUT2D eigenvalue weighted by molar-refractivity contribution is 0.268. The van der Waals surface area contributed by atoms with E-state index in [9.17, 15) is 0 Å². The molecule has 30 heavy (non-hydrogen) atoms. The number of benzene rings is 2. The Morgan fingerprint density at radius 3 is 1.93 bits per heavy atom. The van der Waals surface area contributed by atoms with Crippen molar-refractivity contribution in [1.82, 2.24) is 15.3 Å². The average molecular weight is 427 g/mol. The van der Waals surface area contributed by atoms with Crippen molar-refractivity contribution in [3.63, 3.8) is 0 Å². The summed E-state index contributed by atoms with van der Waals surface area (Å²) in [4.78, 5) is 9.46. The van der Waals surface area contributed by atoms with Crippen molar-refractivity contribution in [3.8, 4) is 11.5 Å². The molecule has 1 heterocycles. The minimum absolute atomic E-state index is 0.120. The average Bonchev–Trinajstić information content (AvgIpc) is 2.62. The summed E-state index contributed by atoms with van der Waals surface area (Å²) in [5.41, 5.74) is 4.01. The van der Waals surface area contributed by atoms with E-state index in [1.807, 2.05) is 30.3 Å². The molecule has 0 spiro atoms. The molecule has 0 unspecified atom stereocenters. The van der Waals surface area contributed by atoms with Crippen LogP contribution in [0, 0.1) is 5.41 Å². The highest BCUT2D eigenvalue weighted by Gasteiger charge is 2.26. The summed E-state index contributed by atoms with van der Waals surface area (Å²) in [7, 11) is 3.21. The van der Waals surface area contributed by atoms with Crippen LogP contribution >= 0.6 is 12.2 Å². The summed E-state index contributed by atoms with van der Waals surface area (Å²) in [6.07, 6.45) is 0.988. The highest BCUT2D eigenvalue weighted by atomic mass is 32.1. The van der Waals surface area contributed by atoms with Crippen LogP contribution in [0.4, 0.5) is 5.69 Å². The smallest absolute Gasteiger partial charge is 0.171 e. The van der Waals surface area contributed by atoms with Crippen LogP contribution in [-0.2, 0) is 0 Å². The van der Waals surface area contributed by atoms with Gasteiger partial charge in [-0.05, 0) is 56.1 Å². The molecule has 0 aliphatic heterocycles. The lowest BCUT2D eigenvalue weighted by Crippen LogP contribution is -2.47. The first-order valence-electron chi connectivity index (χ1n) is 9.92. The van der Waals surface area contributed by atoms with Crippen LogP contribution in [0.5, 0.6) is 11.5 Å². The van der Waals surface area contributed by atoms with E-state index in [4.69, 9.17) is 31.7 Å². The van der Waals surface area contributed by atoms with Crippen LogP contribution in [0.25, 0.3) is 22.1 Å². The summed E-state index contributed by atoms with van der Waals surface area (Å²) in [6.45, 7) is 11.0. The largest absolute Gasteiger partial charge is 0.493 e. The maximum atomic E-state index is 5.54. The predicted octanol–water partition coefficient (Wildman–Crippen LogP) is 5.30. The third-order valence-electron chi connectivity index (χ3n) is 4.62. The van der Waals surface area contributed by atoms with Gasteiger partial charge in [-0.25, -0.2) is 9.97 Å². The molecule has 3 rings (SSSR count). The molecule has 0 aliphatic carbocycles. The number of nitrogens with one attached hydrogen (secondary N) is 2. The Bertz CT molecular complexity index is 1090. The lowest BCUT2D eigenvalue weighted by atomic mass is 9.82. The van der Waals surface area contributed by atoms with E-state index in [1.54, 1.807) is 14.2 Å². The van der Waals surface area contributed by atoms with Crippen molar-refractivity contribution in [2.45, 2.75) is 46.6 Å². The van der Waals surface area contributed by atoms with Crippen molar-refractivity contribution >= 4 is 45.1 Å². The van der Waals surface area contributed by atoms with E-state index in [-0.39, 0.29) is 11.0 Å². The second-order valence-corrected chi connectivity index (χ2v) is 9.73. The van der Waals surface area contributed by atoms with Crippen LogP contribution < -0.4 is 20.1 Å². The first-order valence-corrected chi connectivity index (χ1v) is 10.3. The summed E-state index contributed by atoms with van der Waals surface area (Å²) in [5.74, 6) is 1.26. The molecule has 0 fully saturated rings. The fourth-order valence-electron chi connectivity index (χ4n) is 3.92. The zero-order valence-electron chi connectivity index (χ0n) is 18.7. The maximum absolute atomic E-state index is 5.54. The molecule has 0 aliphatic rings. The molecule has 2 aromatic carbocycles. The van der Waals surface area contributed by atoms with E-state index in [2.05, 4.69) is 45.3 Å². The molecule has 160 valence electrons. The molecule has 0 bridgehead atoms. The van der Waals surface area contributed by atoms with Gasteiger partial charge in [0.2, 0.25) is 0 Å². The molecular weight excluding hydrogens is 396 g/mol. The van der Waals surface area contributed by atoms with E-state index >= 15 is 0 Å². The van der Waals surface area contributed by atoms with E-state index in [1.165, 1.54) is 0 Å². The fraction of sp³-hybridized carbons (Fsp3) is 0.435. The SMILES string of the molecule is COc1cc2nc3ccc(NC(=S)NC(C)(C)CC(C)(C)C)cc3nc2cc1OC. The first kappa shape index (κ1) is 22.0. The van der Waals surface area contributed by atoms with Gasteiger partial charge >= 0.3 is 0 Å². The number of aromatic nitrogens is 2. The molecule has 0 amide bonds. The molecule has 2 N–H and O–H groups in total. The third kappa shape index (κ3) is 5.27. The van der Waals surface area contributed by atoms with Crippen molar-refractivity contribution in [2.75, 3.05) is 19.5 Å². The Hall–Kier alpha value is -2.67. The fourth-order valence-corrected chi connectivity index (χ4v) is 4.32. The molecule has 3 aromatic rings. The molecule has 0 saturated carbocycles. The topological polar surface area (TPSA) is 68.3 Å². The van der Waals surface area contributed by atoms with Gasteiger partial charge in [0, 0.05) is 23.4 Å². The Morgan fingerprint density at radius 2 is 1.40 bits per heavy atom. The van der Waals surface area contributed by atoms with Crippen molar-refractivity contribution in [3.05, 3.63) is 30.3 Å². The van der Waals surface area contributed by atoms with Crippen LogP contribution in [0.3, 0.4) is 0 Å². The zero-order valence-corrected chi connectivity index (χ0v) is 19.5. The number of hydrogen-bond acceptors (Lipinski definition) is 5. The minimum atomic E-state index is -0.120. The summed E-state index contributed by atoms with van der Waals surface area (Å²) >= 11 is 5.54. The second kappa shape index (κ2) is 8.22. The Kier molecular flexibility index (Phi) is 6.04. The van der Waals surface area contributed by atoms with Gasteiger partial charge in [-0.2, -0.15) is 0 Å². The van der Waals surface area contributed by atoms with Crippen LogP contribution in [-0.4, -0.2) is 34.8 Å². The van der Waals surface area contributed by atoms with Crippen LogP contribution in [0.1, 0.15) is 41.0 Å². The Balaban J connectivity index is 1.85. The van der Waals surface area contributed by atoms with Gasteiger partial charge < -0.3 is 20.1 Å². The van der Waals surface area contributed by atoms with Crippen LogP contribution in [0.2, 0.25) is 0 Å². The van der Waals surface area contributed by atoms with Crippen LogP contribution in [0.15, 0.2) is 30.3 Å². The molecule has 6 nitrogen and oxygen atoms in total. The van der Waals surface area contributed by atoms with Gasteiger partial charge in [0.25, 0.3) is 0 Å². The predicted molar refractivity (Wildman–Crippen MR) is 128 cm³/mol. The lowest BCUT2D eigenvalue weighted by Gasteiger charge is -2.34. The normalized spacial score (nSPS) is 12.1. The number of ether oxygens (including phenoxy) is 2. The molecule has 0 radical (unpaired) electrons. The number of nitrogens with zero attached hydrogens (tertiary/aromatic N) is 2. The number of fused-ring (bicyclic) bond motifs is 2. The van der Waals surface area contributed by atoms with E-state index < -0.39 is 0 Å². The second-order valence-electron chi connectivity index (χ2n) is 9.32. The van der Waals surface area contributed by atoms with Gasteiger partial charge in [-0.1, -0.05) is 20.8 Å². The maximum Gasteiger partial charge on any atom is 0.171 e. The van der Waals surface area contributed by atoms with E-state index in [0.29, 0.717) is 16.6 Å². The molecule has 0 saturated heterocycles. The van der Waals surface area contributed by atoms with Gasteiger partial charge in [0.05, 0.1) is 36.3 Å². The standard InChI is InChI=1S/C23H30N4O2S/c1-22(2,3)13-23(4,5)27-21(30)24-14-8-9-15-16(10-14)26-18-12-20(29-7)19(28-6)11-17(18)25-15/h8-12H,13H2,1-7H3,(H2,24,27,30). The molecular formula is C23H30N4O2S. The summed E-state index contributed by atoms with van der Waals surface area (Å²) in [6, 6.07) is 9.51. The van der Waals surface area contributed by atoms with E-state index in [0.717, 1.165) is 34.2 Å². The molecule has 0 atom stereocenters. The number of thiocarbonyl (C=S) groups is 1. The Morgan fingerprint density at radius 1 is 0.867 bits per heavy atom. The van der Waals surface area contributed by atoms with Gasteiger partial charge in [-0.15, -0.1) is 0 Å².